The molecule has 0 fully saturated rings. The highest BCUT2D eigenvalue weighted by Gasteiger charge is 2.23. The predicted octanol–water partition coefficient (Wildman–Crippen LogP) is 3.99. The van der Waals surface area contributed by atoms with Crippen LogP contribution in [-0.4, -0.2) is 6.54 Å². The minimum atomic E-state index is 0.378. The van der Waals surface area contributed by atoms with Gasteiger partial charge < -0.3 is 9.73 Å². The average molecular weight is 278 g/mol. The zero-order chi connectivity index (χ0) is 11.0. The van der Waals surface area contributed by atoms with Crippen LogP contribution in [0.2, 0.25) is 0 Å². The van der Waals surface area contributed by atoms with Crippen LogP contribution in [0, 0.1) is 0 Å². The summed E-state index contributed by atoms with van der Waals surface area (Å²) in [6.45, 7) is 1.000. The van der Waals surface area contributed by atoms with Gasteiger partial charge in [-0.15, -0.1) is 0 Å². The van der Waals surface area contributed by atoms with Crippen molar-refractivity contribution in [1.82, 2.24) is 0 Å². The van der Waals surface area contributed by atoms with E-state index in [1.54, 1.807) is 6.26 Å². The summed E-state index contributed by atoms with van der Waals surface area (Å²) < 4.78 is 6.64. The zero-order valence-corrected chi connectivity index (χ0v) is 10.3. The van der Waals surface area contributed by atoms with Crippen LogP contribution in [0.15, 0.2) is 45.5 Å². The highest BCUT2D eigenvalue weighted by Crippen LogP contribution is 2.37. The Kier molecular flexibility index (Phi) is 2.48. The minimum absolute atomic E-state index is 0.378. The Morgan fingerprint density at radius 3 is 3.06 bits per heavy atom. The third kappa shape index (κ3) is 1.65. The molecule has 3 heteroatoms. The molecule has 0 saturated heterocycles. The van der Waals surface area contributed by atoms with Crippen molar-refractivity contribution in [2.24, 2.45) is 0 Å². The summed E-state index contributed by atoms with van der Waals surface area (Å²) in [6, 6.07) is 10.4. The molecular weight excluding hydrogens is 266 g/mol. The van der Waals surface area contributed by atoms with Crippen molar-refractivity contribution in [1.29, 1.82) is 0 Å². The maximum absolute atomic E-state index is 5.53. The number of anilines is 1. The Morgan fingerprint density at radius 2 is 2.25 bits per heavy atom. The van der Waals surface area contributed by atoms with Crippen molar-refractivity contribution in [3.63, 3.8) is 0 Å². The second-order valence-corrected chi connectivity index (χ2v) is 4.93. The monoisotopic (exact) mass is 277 g/mol. The topological polar surface area (TPSA) is 25.2 Å². The molecule has 0 amide bonds. The van der Waals surface area contributed by atoms with E-state index in [2.05, 4.69) is 45.5 Å². The van der Waals surface area contributed by atoms with Gasteiger partial charge in [-0.1, -0.05) is 15.9 Å². The van der Waals surface area contributed by atoms with Gasteiger partial charge in [-0.3, -0.25) is 0 Å². The molecule has 1 N–H and O–H groups in total. The fraction of sp³-hybridized carbons (Fsp3) is 0.231. The lowest BCUT2D eigenvalue weighted by Crippen LogP contribution is -2.17. The molecule has 2 nitrogen and oxygen atoms in total. The first-order valence-electron chi connectivity index (χ1n) is 5.41. The Morgan fingerprint density at radius 1 is 1.31 bits per heavy atom. The molecule has 16 heavy (non-hydrogen) atoms. The van der Waals surface area contributed by atoms with E-state index in [0.29, 0.717) is 5.92 Å². The molecule has 0 aliphatic carbocycles. The molecule has 1 atom stereocenters. The van der Waals surface area contributed by atoms with Gasteiger partial charge in [0.25, 0.3) is 0 Å². The lowest BCUT2D eigenvalue weighted by molar-refractivity contribution is 0.474. The van der Waals surface area contributed by atoms with Crippen LogP contribution in [-0.2, 0) is 0 Å². The highest BCUT2D eigenvalue weighted by molar-refractivity contribution is 9.10. The third-order valence-corrected chi connectivity index (χ3v) is 3.52. The normalized spacial score (nSPS) is 18.9. The standard InChI is InChI=1S/C13H12BrNO/c14-9-3-4-12-11(8-9)10(5-6-15-12)13-2-1-7-16-13/h1-4,7-8,10,15H,5-6H2. The summed E-state index contributed by atoms with van der Waals surface area (Å²) >= 11 is 3.52. The van der Waals surface area contributed by atoms with E-state index in [1.807, 2.05) is 6.07 Å². The Bertz CT molecular complexity index is 493. The molecule has 1 aromatic heterocycles. The van der Waals surface area contributed by atoms with Gasteiger partial charge >= 0.3 is 0 Å². The van der Waals surface area contributed by atoms with E-state index in [1.165, 1.54) is 11.3 Å². The zero-order valence-electron chi connectivity index (χ0n) is 8.74. The van der Waals surface area contributed by atoms with Crippen molar-refractivity contribution < 1.29 is 4.42 Å². The number of nitrogens with one attached hydrogen (secondary N) is 1. The summed E-state index contributed by atoms with van der Waals surface area (Å²) in [7, 11) is 0. The summed E-state index contributed by atoms with van der Waals surface area (Å²) in [5, 5.41) is 3.42. The van der Waals surface area contributed by atoms with Gasteiger partial charge in [0.15, 0.2) is 0 Å². The van der Waals surface area contributed by atoms with E-state index in [4.69, 9.17) is 4.42 Å². The smallest absolute Gasteiger partial charge is 0.111 e. The molecule has 1 aliphatic heterocycles. The van der Waals surface area contributed by atoms with Crippen molar-refractivity contribution in [3.8, 4) is 0 Å². The van der Waals surface area contributed by atoms with Crippen LogP contribution in [0.25, 0.3) is 0 Å². The van der Waals surface area contributed by atoms with Gasteiger partial charge in [0.05, 0.1) is 6.26 Å². The number of hydrogen-bond donors (Lipinski definition) is 1. The number of fused-ring (bicyclic) bond motifs is 1. The second kappa shape index (κ2) is 3.98. The van der Waals surface area contributed by atoms with Gasteiger partial charge in [-0.2, -0.15) is 0 Å². The number of halogens is 1. The van der Waals surface area contributed by atoms with Crippen molar-refractivity contribution in [2.45, 2.75) is 12.3 Å². The quantitative estimate of drug-likeness (QED) is 0.853. The third-order valence-electron chi connectivity index (χ3n) is 3.02. The summed E-state index contributed by atoms with van der Waals surface area (Å²) in [5.41, 5.74) is 2.53. The molecule has 2 heterocycles. The van der Waals surface area contributed by atoms with Crippen LogP contribution in [0.1, 0.15) is 23.7 Å². The molecule has 1 aliphatic rings. The van der Waals surface area contributed by atoms with E-state index in [9.17, 15) is 0 Å². The van der Waals surface area contributed by atoms with Gasteiger partial charge in [-0.25, -0.2) is 0 Å². The lowest BCUT2D eigenvalue weighted by atomic mass is 9.89. The first-order chi connectivity index (χ1) is 7.84. The molecule has 0 bridgehead atoms. The Balaban J connectivity index is 2.08. The molecule has 1 unspecified atom stereocenters. The van der Waals surface area contributed by atoms with Crippen molar-refractivity contribution in [2.75, 3.05) is 11.9 Å². The summed E-state index contributed by atoms with van der Waals surface area (Å²) in [5.74, 6) is 1.43. The van der Waals surface area contributed by atoms with Crippen LogP contribution in [0.4, 0.5) is 5.69 Å². The number of benzene rings is 1. The molecule has 0 saturated carbocycles. The summed E-state index contributed by atoms with van der Waals surface area (Å²) in [4.78, 5) is 0. The second-order valence-electron chi connectivity index (χ2n) is 4.02. The SMILES string of the molecule is Brc1ccc2c(c1)C(c1ccco1)CCN2. The van der Waals surface area contributed by atoms with Crippen LogP contribution in [0.3, 0.4) is 0 Å². The fourth-order valence-electron chi connectivity index (χ4n) is 2.27. The summed E-state index contributed by atoms with van der Waals surface area (Å²) in [6.07, 6.45) is 2.83. The average Bonchev–Trinajstić information content (AvgIpc) is 2.81. The largest absolute Gasteiger partial charge is 0.469 e. The van der Waals surface area contributed by atoms with Crippen LogP contribution < -0.4 is 5.32 Å². The minimum Gasteiger partial charge on any atom is -0.469 e. The van der Waals surface area contributed by atoms with E-state index in [0.717, 1.165) is 23.2 Å². The van der Waals surface area contributed by atoms with E-state index in [-0.39, 0.29) is 0 Å². The maximum Gasteiger partial charge on any atom is 0.111 e. The molecule has 1 aromatic carbocycles. The van der Waals surface area contributed by atoms with Gasteiger partial charge in [0.1, 0.15) is 5.76 Å². The van der Waals surface area contributed by atoms with Crippen LogP contribution >= 0.6 is 15.9 Å². The molecule has 82 valence electrons. The van der Waals surface area contributed by atoms with Crippen molar-refractivity contribution >= 4 is 21.6 Å². The number of rotatable bonds is 1. The highest BCUT2D eigenvalue weighted by atomic mass is 79.9. The van der Waals surface area contributed by atoms with Crippen LogP contribution in [0.5, 0.6) is 0 Å². The molecule has 2 aromatic rings. The van der Waals surface area contributed by atoms with Gasteiger partial charge in [-0.05, 0) is 42.3 Å². The molecule has 0 radical (unpaired) electrons. The van der Waals surface area contributed by atoms with Crippen molar-refractivity contribution in [3.05, 3.63) is 52.4 Å². The van der Waals surface area contributed by atoms with E-state index >= 15 is 0 Å². The molecule has 3 rings (SSSR count). The number of furan rings is 1. The van der Waals surface area contributed by atoms with E-state index < -0.39 is 0 Å². The molecular formula is C13H12BrNO. The lowest BCUT2D eigenvalue weighted by Gasteiger charge is -2.25. The first kappa shape index (κ1) is 9.97. The Hall–Kier alpha value is -1.22. The predicted molar refractivity (Wildman–Crippen MR) is 67.8 cm³/mol. The maximum atomic E-state index is 5.53. The van der Waals surface area contributed by atoms with Gasteiger partial charge in [0, 0.05) is 22.6 Å². The molecule has 0 spiro atoms. The Labute approximate surface area is 103 Å². The number of hydrogen-bond acceptors (Lipinski definition) is 2. The van der Waals surface area contributed by atoms with Gasteiger partial charge in [0.2, 0.25) is 0 Å². The first-order valence-corrected chi connectivity index (χ1v) is 6.20. The fourth-order valence-corrected chi connectivity index (χ4v) is 2.65.